The summed E-state index contributed by atoms with van der Waals surface area (Å²) < 4.78 is 0. The van der Waals surface area contributed by atoms with Crippen LogP contribution in [0.15, 0.2) is 42.6 Å². The smallest absolute Gasteiger partial charge is 0.101 e. The van der Waals surface area contributed by atoms with Gasteiger partial charge in [-0.25, -0.2) is 0 Å². The van der Waals surface area contributed by atoms with Crippen LogP contribution in [0, 0.1) is 6.07 Å². The molecule has 2 heteroatoms. The molecule has 0 aliphatic heterocycles. The van der Waals surface area contributed by atoms with Crippen molar-refractivity contribution >= 4 is 21.7 Å². The summed E-state index contributed by atoms with van der Waals surface area (Å²) in [4.78, 5) is 0. The normalized spacial score (nSPS) is 10.9. The third kappa shape index (κ3) is 0.973. The first-order chi connectivity index (χ1) is 6.95. The van der Waals surface area contributed by atoms with Crippen LogP contribution in [0.1, 0.15) is 0 Å². The number of rotatable bonds is 0. The van der Waals surface area contributed by atoms with Crippen molar-refractivity contribution < 1.29 is 0 Å². The first kappa shape index (κ1) is 7.44. The highest BCUT2D eigenvalue weighted by atomic mass is 15.1. The van der Waals surface area contributed by atoms with Gasteiger partial charge < -0.3 is 0 Å². The average Bonchev–Trinajstić information content (AvgIpc) is 2.29. The van der Waals surface area contributed by atoms with Crippen molar-refractivity contribution in [3.63, 3.8) is 0 Å². The molecule has 1 heterocycles. The van der Waals surface area contributed by atoms with Gasteiger partial charge in [0.05, 0.1) is 6.20 Å². The van der Waals surface area contributed by atoms with Gasteiger partial charge >= 0.3 is 0 Å². The predicted octanol–water partition coefficient (Wildman–Crippen LogP) is 2.58. The van der Waals surface area contributed by atoms with Gasteiger partial charge in [-0.1, -0.05) is 30.3 Å². The Bertz CT molecular complexity index is 547. The van der Waals surface area contributed by atoms with E-state index in [9.17, 15) is 0 Å². The number of benzene rings is 2. The van der Waals surface area contributed by atoms with Gasteiger partial charge in [0.15, 0.2) is 0 Å². The molecule has 0 saturated heterocycles. The van der Waals surface area contributed by atoms with Crippen LogP contribution in [0.3, 0.4) is 0 Å². The third-order valence-electron chi connectivity index (χ3n) is 2.32. The number of hydrogen-bond donors (Lipinski definition) is 0. The molecule has 0 spiro atoms. The lowest BCUT2D eigenvalue weighted by molar-refractivity contribution is 1.08. The van der Waals surface area contributed by atoms with Crippen molar-refractivity contribution in [1.29, 1.82) is 0 Å². The molecule has 0 aliphatic carbocycles. The SMILES string of the molecule is [c]1cccc2c1ccc1ccnnc12. The molecule has 65 valence electrons. The summed E-state index contributed by atoms with van der Waals surface area (Å²) in [6, 6.07) is 15.2. The highest BCUT2D eigenvalue weighted by Gasteiger charge is 1.99. The molecular weight excluding hydrogens is 172 g/mol. The van der Waals surface area contributed by atoms with E-state index in [0.717, 1.165) is 21.7 Å². The zero-order valence-electron chi connectivity index (χ0n) is 7.44. The van der Waals surface area contributed by atoms with Crippen molar-refractivity contribution in [3.8, 4) is 0 Å². The minimum atomic E-state index is 0.946. The molecular formula is C12H7N2. The van der Waals surface area contributed by atoms with Gasteiger partial charge in [-0.15, -0.1) is 5.10 Å². The molecule has 1 aromatic heterocycles. The number of fused-ring (bicyclic) bond motifs is 3. The van der Waals surface area contributed by atoms with Crippen LogP contribution in [0.25, 0.3) is 21.7 Å². The van der Waals surface area contributed by atoms with E-state index in [1.807, 2.05) is 30.3 Å². The topological polar surface area (TPSA) is 25.8 Å². The van der Waals surface area contributed by atoms with Gasteiger partial charge in [0.2, 0.25) is 0 Å². The van der Waals surface area contributed by atoms with E-state index in [-0.39, 0.29) is 0 Å². The molecule has 0 bridgehead atoms. The quantitative estimate of drug-likeness (QED) is 0.496. The molecule has 2 aromatic carbocycles. The Hall–Kier alpha value is -1.96. The zero-order valence-corrected chi connectivity index (χ0v) is 7.44. The fourth-order valence-corrected chi connectivity index (χ4v) is 1.65. The predicted molar refractivity (Wildman–Crippen MR) is 55.9 cm³/mol. The minimum Gasteiger partial charge on any atom is -0.158 e. The van der Waals surface area contributed by atoms with Gasteiger partial charge in [-0.3, -0.25) is 0 Å². The van der Waals surface area contributed by atoms with Crippen molar-refractivity contribution in [1.82, 2.24) is 10.2 Å². The summed E-state index contributed by atoms with van der Waals surface area (Å²) in [5.41, 5.74) is 0.946. The van der Waals surface area contributed by atoms with Gasteiger partial charge in [-0.2, -0.15) is 5.10 Å². The average molecular weight is 179 g/mol. The van der Waals surface area contributed by atoms with Crippen molar-refractivity contribution in [2.75, 3.05) is 0 Å². The summed E-state index contributed by atoms with van der Waals surface area (Å²) in [7, 11) is 0. The fraction of sp³-hybridized carbons (Fsp3) is 0. The number of hydrogen-bond acceptors (Lipinski definition) is 2. The molecule has 0 atom stereocenters. The monoisotopic (exact) mass is 179 g/mol. The molecule has 0 unspecified atom stereocenters. The Kier molecular flexibility index (Phi) is 1.47. The summed E-state index contributed by atoms with van der Waals surface area (Å²) in [6.07, 6.45) is 1.71. The molecule has 0 amide bonds. The molecule has 14 heavy (non-hydrogen) atoms. The van der Waals surface area contributed by atoms with E-state index < -0.39 is 0 Å². The van der Waals surface area contributed by atoms with E-state index in [1.54, 1.807) is 6.20 Å². The number of nitrogens with zero attached hydrogens (tertiary/aromatic N) is 2. The van der Waals surface area contributed by atoms with Gasteiger partial charge in [-0.05, 0) is 17.5 Å². The Balaban J connectivity index is 2.61. The van der Waals surface area contributed by atoms with Crippen molar-refractivity contribution in [2.24, 2.45) is 0 Å². The second-order valence-electron chi connectivity index (χ2n) is 3.17. The molecule has 3 rings (SSSR count). The Morgan fingerprint density at radius 1 is 1.07 bits per heavy atom. The second-order valence-corrected chi connectivity index (χ2v) is 3.17. The lowest BCUT2D eigenvalue weighted by Gasteiger charge is -2.00. The first-order valence-electron chi connectivity index (χ1n) is 4.46. The Morgan fingerprint density at radius 3 is 3.07 bits per heavy atom. The Morgan fingerprint density at radius 2 is 2.07 bits per heavy atom. The summed E-state index contributed by atoms with van der Waals surface area (Å²) in [6.45, 7) is 0. The number of aromatic nitrogens is 2. The largest absolute Gasteiger partial charge is 0.158 e. The fourth-order valence-electron chi connectivity index (χ4n) is 1.65. The van der Waals surface area contributed by atoms with Crippen LogP contribution in [-0.4, -0.2) is 10.2 Å². The Labute approximate surface area is 81.2 Å². The molecule has 0 aliphatic rings. The van der Waals surface area contributed by atoms with E-state index in [2.05, 4.69) is 22.3 Å². The summed E-state index contributed by atoms with van der Waals surface area (Å²) in [5.74, 6) is 0. The summed E-state index contributed by atoms with van der Waals surface area (Å²) in [5, 5.41) is 11.3. The minimum absolute atomic E-state index is 0.946. The van der Waals surface area contributed by atoms with Crippen molar-refractivity contribution in [3.05, 3.63) is 48.7 Å². The van der Waals surface area contributed by atoms with E-state index in [0.29, 0.717) is 0 Å². The standard InChI is InChI=1S/C12H7N2/c1-2-4-11-9(3-1)5-6-10-7-8-13-14-12(10)11/h1-2,4-8H. The maximum Gasteiger partial charge on any atom is 0.101 e. The maximum absolute atomic E-state index is 4.14. The lowest BCUT2D eigenvalue weighted by atomic mass is 10.1. The molecule has 0 saturated carbocycles. The second kappa shape index (κ2) is 2.77. The molecule has 0 fully saturated rings. The van der Waals surface area contributed by atoms with Gasteiger partial charge in [0.1, 0.15) is 5.52 Å². The molecule has 2 nitrogen and oxygen atoms in total. The highest BCUT2D eigenvalue weighted by molar-refractivity contribution is 6.04. The van der Waals surface area contributed by atoms with Crippen molar-refractivity contribution in [2.45, 2.75) is 0 Å². The first-order valence-corrected chi connectivity index (χ1v) is 4.46. The van der Waals surface area contributed by atoms with E-state index >= 15 is 0 Å². The molecule has 0 N–H and O–H groups in total. The third-order valence-corrected chi connectivity index (χ3v) is 2.32. The summed E-state index contributed by atoms with van der Waals surface area (Å²) >= 11 is 0. The molecule has 3 aromatic rings. The zero-order chi connectivity index (χ0) is 9.38. The van der Waals surface area contributed by atoms with Crippen LogP contribution in [0.4, 0.5) is 0 Å². The van der Waals surface area contributed by atoms with Crippen LogP contribution in [-0.2, 0) is 0 Å². The van der Waals surface area contributed by atoms with E-state index in [4.69, 9.17) is 0 Å². The lowest BCUT2D eigenvalue weighted by Crippen LogP contribution is -1.83. The molecule has 1 radical (unpaired) electrons. The van der Waals surface area contributed by atoms with Crippen LogP contribution in [0.2, 0.25) is 0 Å². The maximum atomic E-state index is 4.14. The highest BCUT2D eigenvalue weighted by Crippen LogP contribution is 2.21. The van der Waals surface area contributed by atoms with E-state index in [1.165, 1.54) is 0 Å². The van der Waals surface area contributed by atoms with Gasteiger partial charge in [0.25, 0.3) is 0 Å². The van der Waals surface area contributed by atoms with Crippen LogP contribution >= 0.6 is 0 Å². The van der Waals surface area contributed by atoms with Crippen LogP contribution in [0.5, 0.6) is 0 Å². The van der Waals surface area contributed by atoms with Crippen LogP contribution < -0.4 is 0 Å². The van der Waals surface area contributed by atoms with Gasteiger partial charge in [0, 0.05) is 10.8 Å².